The van der Waals surface area contributed by atoms with Crippen LogP contribution in [0, 0.1) is 17.7 Å². The highest BCUT2D eigenvalue weighted by atomic mass is 32.2. The third-order valence-corrected chi connectivity index (χ3v) is 7.86. The van der Waals surface area contributed by atoms with Gasteiger partial charge in [-0.2, -0.15) is 0 Å². The van der Waals surface area contributed by atoms with Gasteiger partial charge in [-0.1, -0.05) is 13.8 Å². The molecule has 2 atom stereocenters. The van der Waals surface area contributed by atoms with Crippen molar-refractivity contribution in [2.45, 2.75) is 30.1 Å². The van der Waals surface area contributed by atoms with E-state index in [4.69, 9.17) is 4.74 Å². The molecule has 2 aromatic carbocycles. The number of aryl methyl sites for hydroxylation is 1. The number of methoxy groups -OCH3 is 1. The number of sulfone groups is 1. The normalized spacial score (nSPS) is 19.3. The Morgan fingerprint density at radius 2 is 1.69 bits per heavy atom. The number of halogens is 1. The lowest BCUT2D eigenvalue weighted by atomic mass is 9.91. The summed E-state index contributed by atoms with van der Waals surface area (Å²) >= 11 is 0. The summed E-state index contributed by atoms with van der Waals surface area (Å²) in [6.07, 6.45) is 2.41. The molecule has 1 aliphatic heterocycles. The van der Waals surface area contributed by atoms with Crippen LogP contribution in [0.15, 0.2) is 57.2 Å². The Morgan fingerprint density at radius 1 is 1.06 bits per heavy atom. The van der Waals surface area contributed by atoms with E-state index >= 15 is 4.39 Å². The van der Waals surface area contributed by atoms with Crippen molar-refractivity contribution in [1.29, 1.82) is 0 Å². The molecule has 0 aliphatic carbocycles. The molecular weight excluding hydrogens is 431 g/mol. The van der Waals surface area contributed by atoms with Gasteiger partial charge in [-0.15, -0.1) is 0 Å². The Labute approximate surface area is 187 Å². The Hall–Kier alpha value is -2.87. The fourth-order valence-electron chi connectivity index (χ4n) is 4.64. The van der Waals surface area contributed by atoms with Gasteiger partial charge in [0.1, 0.15) is 16.5 Å². The first kappa shape index (κ1) is 22.3. The van der Waals surface area contributed by atoms with Crippen molar-refractivity contribution >= 4 is 26.4 Å². The van der Waals surface area contributed by atoms with Crippen LogP contribution in [0.4, 0.5) is 10.1 Å². The molecule has 3 aromatic rings. The predicted octanol–water partition coefficient (Wildman–Crippen LogP) is 4.00. The summed E-state index contributed by atoms with van der Waals surface area (Å²) in [6.45, 7) is 5.77. The summed E-state index contributed by atoms with van der Waals surface area (Å²) < 4.78 is 48.1. The minimum Gasteiger partial charge on any atom is -0.497 e. The number of rotatable bonds is 4. The summed E-state index contributed by atoms with van der Waals surface area (Å²) in [5.74, 6) is 0.866. The van der Waals surface area contributed by atoms with Gasteiger partial charge in [0, 0.05) is 26.3 Å². The Bertz CT molecular complexity index is 1320. The number of anilines is 1. The van der Waals surface area contributed by atoms with Crippen LogP contribution in [0.5, 0.6) is 5.75 Å². The summed E-state index contributed by atoms with van der Waals surface area (Å²) in [6, 6.07) is 8.64. The van der Waals surface area contributed by atoms with Gasteiger partial charge in [-0.3, -0.25) is 4.79 Å². The van der Waals surface area contributed by atoms with Crippen molar-refractivity contribution in [3.63, 3.8) is 0 Å². The first-order valence-electron chi connectivity index (χ1n) is 10.6. The standard InChI is InChI=1S/C24H27FN2O4S/c1-15-9-16(2)13-27(12-15)22-11-21-19(10-20(22)25)24(28)23(14-26(21)3)32(29,30)18-7-5-17(31-4)6-8-18/h5-8,10-11,14-16H,9,12-13H2,1-4H3/t15-,16-/m0/s1. The van der Waals surface area contributed by atoms with Crippen LogP contribution in [-0.4, -0.2) is 33.2 Å². The number of aromatic nitrogens is 1. The number of fused-ring (bicyclic) bond motifs is 1. The molecule has 0 radical (unpaired) electrons. The monoisotopic (exact) mass is 458 g/mol. The maximum absolute atomic E-state index is 15.2. The Kier molecular flexibility index (Phi) is 5.75. The van der Waals surface area contributed by atoms with Crippen molar-refractivity contribution in [3.8, 4) is 5.75 Å². The molecule has 1 aromatic heterocycles. The molecule has 0 spiro atoms. The number of pyridine rings is 1. The van der Waals surface area contributed by atoms with Gasteiger partial charge in [0.15, 0.2) is 0 Å². The summed E-state index contributed by atoms with van der Waals surface area (Å²) in [7, 11) is -0.941. The SMILES string of the molecule is COc1ccc(S(=O)(=O)c2cn(C)c3cc(N4C[C@@H](C)C[C@H](C)C4)c(F)cc3c2=O)cc1. The zero-order valence-corrected chi connectivity index (χ0v) is 19.4. The summed E-state index contributed by atoms with van der Waals surface area (Å²) in [4.78, 5) is 14.8. The molecular formula is C24H27FN2O4S. The van der Waals surface area contributed by atoms with Gasteiger partial charge in [0.25, 0.3) is 0 Å². The molecule has 170 valence electrons. The predicted molar refractivity (Wildman–Crippen MR) is 123 cm³/mol. The minimum atomic E-state index is -4.09. The second-order valence-electron chi connectivity index (χ2n) is 8.78. The van der Waals surface area contributed by atoms with Gasteiger partial charge < -0.3 is 14.2 Å². The molecule has 0 N–H and O–H groups in total. The molecule has 1 aliphatic rings. The maximum Gasteiger partial charge on any atom is 0.211 e. The van der Waals surface area contributed by atoms with Crippen LogP contribution in [0.2, 0.25) is 0 Å². The quantitative estimate of drug-likeness (QED) is 0.591. The molecule has 6 nitrogen and oxygen atoms in total. The zero-order chi connectivity index (χ0) is 23.2. The minimum absolute atomic E-state index is 0.0249. The van der Waals surface area contributed by atoms with E-state index in [0.717, 1.165) is 19.5 Å². The highest BCUT2D eigenvalue weighted by molar-refractivity contribution is 7.91. The number of piperidine rings is 1. The molecule has 32 heavy (non-hydrogen) atoms. The summed E-state index contributed by atoms with van der Waals surface area (Å²) in [5, 5.41) is 0.0430. The molecule has 1 saturated heterocycles. The highest BCUT2D eigenvalue weighted by Gasteiger charge is 2.27. The van der Waals surface area contributed by atoms with Gasteiger partial charge in [-0.05, 0) is 54.7 Å². The third kappa shape index (κ3) is 3.88. The largest absolute Gasteiger partial charge is 0.497 e. The number of ether oxygens (including phenoxy) is 1. The van der Waals surface area contributed by atoms with Gasteiger partial charge in [0.05, 0.1) is 28.6 Å². The molecule has 0 bridgehead atoms. The number of benzene rings is 2. The van der Waals surface area contributed by atoms with E-state index in [9.17, 15) is 13.2 Å². The number of hydrogen-bond donors (Lipinski definition) is 0. The lowest BCUT2D eigenvalue weighted by Crippen LogP contribution is -2.39. The van der Waals surface area contributed by atoms with Crippen LogP contribution < -0.4 is 15.1 Å². The first-order valence-corrected chi connectivity index (χ1v) is 12.1. The van der Waals surface area contributed by atoms with E-state index in [-0.39, 0.29) is 15.2 Å². The molecule has 0 amide bonds. The fourth-order valence-corrected chi connectivity index (χ4v) is 6.04. The lowest BCUT2D eigenvalue weighted by molar-refractivity contribution is 0.354. The van der Waals surface area contributed by atoms with E-state index in [0.29, 0.717) is 28.8 Å². The molecule has 4 rings (SSSR count). The lowest BCUT2D eigenvalue weighted by Gasteiger charge is -2.36. The summed E-state index contributed by atoms with van der Waals surface area (Å²) in [5.41, 5.74) is 0.224. The smallest absolute Gasteiger partial charge is 0.211 e. The second-order valence-corrected chi connectivity index (χ2v) is 10.7. The topological polar surface area (TPSA) is 68.6 Å². The second kappa shape index (κ2) is 8.24. The molecule has 8 heteroatoms. The molecule has 2 heterocycles. The van der Waals surface area contributed by atoms with Gasteiger partial charge in [-0.25, -0.2) is 12.8 Å². The van der Waals surface area contributed by atoms with E-state index < -0.39 is 21.1 Å². The van der Waals surface area contributed by atoms with Crippen LogP contribution in [0.25, 0.3) is 10.9 Å². The van der Waals surface area contributed by atoms with Crippen molar-refractivity contribution in [3.05, 3.63) is 58.6 Å². The Balaban J connectivity index is 1.84. The van der Waals surface area contributed by atoms with Gasteiger partial charge in [0.2, 0.25) is 15.3 Å². The molecule has 1 fully saturated rings. The Morgan fingerprint density at radius 3 is 2.28 bits per heavy atom. The molecule has 0 unspecified atom stereocenters. The van der Waals surface area contributed by atoms with Gasteiger partial charge >= 0.3 is 0 Å². The van der Waals surface area contributed by atoms with E-state index in [1.807, 2.05) is 4.90 Å². The molecule has 0 saturated carbocycles. The number of nitrogens with zero attached hydrogens (tertiary/aromatic N) is 2. The highest BCUT2D eigenvalue weighted by Crippen LogP contribution is 2.31. The first-order chi connectivity index (χ1) is 15.1. The van der Waals surface area contributed by atoms with E-state index in [1.165, 1.54) is 43.6 Å². The van der Waals surface area contributed by atoms with Crippen LogP contribution in [0.1, 0.15) is 20.3 Å². The van der Waals surface area contributed by atoms with Crippen molar-refractivity contribution in [1.82, 2.24) is 4.57 Å². The number of hydrogen-bond acceptors (Lipinski definition) is 5. The fraction of sp³-hybridized carbons (Fsp3) is 0.375. The van der Waals surface area contributed by atoms with Crippen LogP contribution >= 0.6 is 0 Å². The average Bonchev–Trinajstić information content (AvgIpc) is 2.75. The third-order valence-electron chi connectivity index (χ3n) is 6.09. The van der Waals surface area contributed by atoms with Crippen LogP contribution in [0.3, 0.4) is 0 Å². The van der Waals surface area contributed by atoms with E-state index in [1.54, 1.807) is 17.7 Å². The zero-order valence-electron chi connectivity index (χ0n) is 18.6. The van der Waals surface area contributed by atoms with E-state index in [2.05, 4.69) is 13.8 Å². The van der Waals surface area contributed by atoms with Crippen molar-refractivity contribution in [2.75, 3.05) is 25.1 Å². The van der Waals surface area contributed by atoms with Crippen molar-refractivity contribution in [2.24, 2.45) is 18.9 Å². The average molecular weight is 459 g/mol. The van der Waals surface area contributed by atoms with Crippen molar-refractivity contribution < 1.29 is 17.5 Å². The maximum atomic E-state index is 15.2. The van der Waals surface area contributed by atoms with Crippen LogP contribution in [-0.2, 0) is 16.9 Å².